The number of ether oxygens (including phenoxy) is 2. The van der Waals surface area contributed by atoms with Crippen molar-refractivity contribution < 1.29 is 19.4 Å². The molecule has 1 N–H and O–H groups in total. The second-order valence-electron chi connectivity index (χ2n) is 7.99. The lowest BCUT2D eigenvalue weighted by molar-refractivity contribution is 0.0322. The van der Waals surface area contributed by atoms with Gasteiger partial charge in [0, 0.05) is 43.5 Å². The Morgan fingerprint density at radius 3 is 2.73 bits per heavy atom. The summed E-state index contributed by atoms with van der Waals surface area (Å²) < 4.78 is 13.4. The maximum Gasteiger partial charge on any atom is 0.341 e. The van der Waals surface area contributed by atoms with Crippen molar-refractivity contribution in [1.82, 2.24) is 9.47 Å². The fourth-order valence-electron chi connectivity index (χ4n) is 4.32. The van der Waals surface area contributed by atoms with Crippen molar-refractivity contribution >= 4 is 5.97 Å². The standard InChI is InChI=1S/C23H28N2O5/c1-3-17-11-16-12-22(30-9-6-24-4-7-29-8-5-24)15(2)10-18(16)20-13-21(26)19(23(27)28)14-25(17)20/h10,12-14,17H,3-9,11H2,1-2H3,(H,27,28). The van der Waals surface area contributed by atoms with Gasteiger partial charge in [-0.1, -0.05) is 6.92 Å². The van der Waals surface area contributed by atoms with E-state index in [-0.39, 0.29) is 11.6 Å². The monoisotopic (exact) mass is 412 g/mol. The fraction of sp³-hybridized carbons (Fsp3) is 0.478. The van der Waals surface area contributed by atoms with E-state index in [1.54, 1.807) is 0 Å². The third-order valence-corrected chi connectivity index (χ3v) is 6.08. The first kappa shape index (κ1) is 20.6. The minimum atomic E-state index is -1.18. The zero-order valence-corrected chi connectivity index (χ0v) is 17.5. The van der Waals surface area contributed by atoms with Crippen molar-refractivity contribution in [2.75, 3.05) is 39.5 Å². The number of nitrogens with zero attached hydrogens (tertiary/aromatic N) is 2. The smallest absolute Gasteiger partial charge is 0.341 e. The Bertz CT molecular complexity index is 1010. The highest BCUT2D eigenvalue weighted by molar-refractivity contribution is 5.87. The lowest BCUT2D eigenvalue weighted by Crippen LogP contribution is -2.38. The average Bonchev–Trinajstić information content (AvgIpc) is 2.74. The molecule has 7 heteroatoms. The van der Waals surface area contributed by atoms with Crippen molar-refractivity contribution in [2.24, 2.45) is 0 Å². The number of rotatable bonds is 6. The topological polar surface area (TPSA) is 81.0 Å². The van der Waals surface area contributed by atoms with Crippen molar-refractivity contribution in [3.05, 3.63) is 51.3 Å². The summed E-state index contributed by atoms with van der Waals surface area (Å²) in [6, 6.07) is 5.71. The molecule has 0 amide bonds. The minimum Gasteiger partial charge on any atom is -0.492 e. The van der Waals surface area contributed by atoms with E-state index in [1.807, 2.05) is 11.5 Å². The molecule has 1 aromatic carbocycles. The maximum atomic E-state index is 12.3. The van der Waals surface area contributed by atoms with Gasteiger partial charge in [-0.15, -0.1) is 0 Å². The summed E-state index contributed by atoms with van der Waals surface area (Å²) in [5, 5.41) is 9.34. The van der Waals surface area contributed by atoms with Crippen molar-refractivity contribution in [1.29, 1.82) is 0 Å². The molecule has 1 aromatic heterocycles. The van der Waals surface area contributed by atoms with Gasteiger partial charge in [0.05, 0.1) is 18.9 Å². The Balaban J connectivity index is 1.61. The van der Waals surface area contributed by atoms with Gasteiger partial charge >= 0.3 is 5.97 Å². The van der Waals surface area contributed by atoms with Crippen LogP contribution in [0.3, 0.4) is 0 Å². The molecular formula is C23H28N2O5. The van der Waals surface area contributed by atoms with Gasteiger partial charge in [-0.2, -0.15) is 0 Å². The predicted molar refractivity (Wildman–Crippen MR) is 114 cm³/mol. The third kappa shape index (κ3) is 4.00. The number of fused-ring (bicyclic) bond motifs is 3. The number of carboxylic acid groups (broad SMARTS) is 1. The Morgan fingerprint density at radius 2 is 2.03 bits per heavy atom. The van der Waals surface area contributed by atoms with Gasteiger partial charge in [-0.05, 0) is 43.0 Å². The Morgan fingerprint density at radius 1 is 1.27 bits per heavy atom. The van der Waals surface area contributed by atoms with Crippen LogP contribution in [0.5, 0.6) is 5.75 Å². The van der Waals surface area contributed by atoms with Gasteiger partial charge in [0.25, 0.3) is 0 Å². The quantitative estimate of drug-likeness (QED) is 0.786. The largest absolute Gasteiger partial charge is 0.492 e. The number of pyridine rings is 1. The van der Waals surface area contributed by atoms with Gasteiger partial charge in [0.15, 0.2) is 5.43 Å². The summed E-state index contributed by atoms with van der Waals surface area (Å²) in [7, 11) is 0. The summed E-state index contributed by atoms with van der Waals surface area (Å²) in [6.45, 7) is 9.00. The molecule has 4 rings (SSSR count). The lowest BCUT2D eigenvalue weighted by Gasteiger charge is -2.31. The first-order valence-corrected chi connectivity index (χ1v) is 10.5. The van der Waals surface area contributed by atoms with E-state index in [4.69, 9.17) is 9.47 Å². The van der Waals surface area contributed by atoms with Crippen molar-refractivity contribution in [3.63, 3.8) is 0 Å². The van der Waals surface area contributed by atoms with Gasteiger partial charge in [0.1, 0.15) is 17.9 Å². The van der Waals surface area contributed by atoms with E-state index in [0.29, 0.717) is 6.61 Å². The summed E-state index contributed by atoms with van der Waals surface area (Å²) in [6.07, 6.45) is 3.12. The molecule has 0 radical (unpaired) electrons. The number of aromatic carboxylic acids is 1. The fourth-order valence-corrected chi connectivity index (χ4v) is 4.32. The van der Waals surface area contributed by atoms with E-state index >= 15 is 0 Å². The van der Waals surface area contributed by atoms with E-state index in [1.165, 1.54) is 12.3 Å². The van der Waals surface area contributed by atoms with Crippen LogP contribution in [0.4, 0.5) is 0 Å². The van der Waals surface area contributed by atoms with E-state index < -0.39 is 11.4 Å². The van der Waals surface area contributed by atoms with Gasteiger partial charge in [-0.3, -0.25) is 9.69 Å². The molecule has 2 aliphatic heterocycles. The molecule has 2 aromatic rings. The molecule has 0 spiro atoms. The SMILES string of the molecule is CCC1Cc2cc(OCCN3CCOCC3)c(C)cc2-c2cc(=O)c(C(=O)O)cn21. The molecule has 2 aliphatic rings. The zero-order valence-electron chi connectivity index (χ0n) is 17.5. The first-order valence-electron chi connectivity index (χ1n) is 10.5. The van der Waals surface area contributed by atoms with Crippen molar-refractivity contribution in [3.8, 4) is 17.0 Å². The number of carboxylic acids is 1. The van der Waals surface area contributed by atoms with Gasteiger partial charge < -0.3 is 19.1 Å². The normalized spacial score (nSPS) is 18.5. The molecule has 0 saturated carbocycles. The van der Waals surface area contributed by atoms with E-state index in [9.17, 15) is 14.7 Å². The number of hydrogen-bond acceptors (Lipinski definition) is 5. The predicted octanol–water partition coefficient (Wildman–Crippen LogP) is 2.74. The number of aryl methyl sites for hydroxylation is 1. The summed E-state index contributed by atoms with van der Waals surface area (Å²) >= 11 is 0. The van der Waals surface area contributed by atoms with Crippen molar-refractivity contribution in [2.45, 2.75) is 32.7 Å². The van der Waals surface area contributed by atoms with Crippen LogP contribution in [0.15, 0.2) is 29.2 Å². The Labute approximate surface area is 175 Å². The molecule has 30 heavy (non-hydrogen) atoms. The van der Waals surface area contributed by atoms with Crippen LogP contribution < -0.4 is 10.2 Å². The van der Waals surface area contributed by atoms with E-state index in [0.717, 1.165) is 73.8 Å². The highest BCUT2D eigenvalue weighted by Gasteiger charge is 2.26. The molecule has 7 nitrogen and oxygen atoms in total. The highest BCUT2D eigenvalue weighted by Crippen LogP contribution is 2.38. The maximum absolute atomic E-state index is 12.3. The number of aromatic nitrogens is 1. The van der Waals surface area contributed by atoms with Crippen LogP contribution in [-0.4, -0.2) is 60.0 Å². The number of hydrogen-bond donors (Lipinski definition) is 1. The van der Waals surface area contributed by atoms with Crippen LogP contribution in [0.1, 0.15) is 40.9 Å². The number of benzene rings is 1. The molecule has 160 valence electrons. The third-order valence-electron chi connectivity index (χ3n) is 6.08. The second-order valence-corrected chi connectivity index (χ2v) is 7.99. The molecule has 0 bridgehead atoms. The van der Waals surface area contributed by atoms with Crippen LogP contribution >= 0.6 is 0 Å². The van der Waals surface area contributed by atoms with Crippen LogP contribution in [0.2, 0.25) is 0 Å². The van der Waals surface area contributed by atoms with E-state index in [2.05, 4.69) is 24.0 Å². The molecule has 0 aliphatic carbocycles. The summed E-state index contributed by atoms with van der Waals surface area (Å²) in [5.41, 5.74) is 3.26. The molecule has 3 heterocycles. The molecule has 1 atom stereocenters. The first-order chi connectivity index (χ1) is 14.5. The highest BCUT2D eigenvalue weighted by atomic mass is 16.5. The summed E-state index contributed by atoms with van der Waals surface area (Å²) in [4.78, 5) is 26.1. The second kappa shape index (κ2) is 8.62. The Kier molecular flexibility index (Phi) is 5.92. The van der Waals surface area contributed by atoms with Crippen LogP contribution in [0.25, 0.3) is 11.3 Å². The number of carbonyl (C=O) groups is 1. The minimum absolute atomic E-state index is 0.107. The van der Waals surface area contributed by atoms with Crippen LogP contribution in [0, 0.1) is 6.92 Å². The van der Waals surface area contributed by atoms with Crippen LogP contribution in [-0.2, 0) is 11.2 Å². The lowest BCUT2D eigenvalue weighted by atomic mass is 9.89. The van der Waals surface area contributed by atoms with Gasteiger partial charge in [-0.25, -0.2) is 4.79 Å². The molecular weight excluding hydrogens is 384 g/mol. The zero-order chi connectivity index (χ0) is 21.3. The number of morpholine rings is 1. The Hall–Kier alpha value is -2.64. The summed E-state index contributed by atoms with van der Waals surface area (Å²) in [5.74, 6) is -0.314. The molecule has 1 fully saturated rings. The molecule has 1 unspecified atom stereocenters. The van der Waals surface area contributed by atoms with Gasteiger partial charge in [0.2, 0.25) is 0 Å². The molecule has 1 saturated heterocycles. The average molecular weight is 412 g/mol.